The SMILES string of the molecule is Cn1cc(S(=O)(=O)NC(=O)C2CCC2)c2ccccc21. The highest BCUT2D eigenvalue weighted by molar-refractivity contribution is 7.90. The maximum atomic E-state index is 12.4. The molecule has 106 valence electrons. The first-order chi connectivity index (χ1) is 9.49. The molecule has 6 heteroatoms. The summed E-state index contributed by atoms with van der Waals surface area (Å²) in [5.41, 5.74) is 0.823. The molecule has 0 aliphatic heterocycles. The van der Waals surface area contributed by atoms with Crippen LogP contribution >= 0.6 is 0 Å². The van der Waals surface area contributed by atoms with E-state index >= 15 is 0 Å². The fourth-order valence-electron chi connectivity index (χ4n) is 2.46. The molecule has 1 aliphatic rings. The molecule has 0 radical (unpaired) electrons. The predicted octanol–water partition coefficient (Wildman–Crippen LogP) is 1.78. The number of amides is 1. The van der Waals surface area contributed by atoms with E-state index in [1.165, 1.54) is 0 Å². The summed E-state index contributed by atoms with van der Waals surface area (Å²) in [6, 6.07) is 7.24. The van der Waals surface area contributed by atoms with E-state index in [2.05, 4.69) is 4.72 Å². The molecule has 1 saturated carbocycles. The van der Waals surface area contributed by atoms with Crippen molar-refractivity contribution in [1.82, 2.24) is 9.29 Å². The van der Waals surface area contributed by atoms with Gasteiger partial charge < -0.3 is 4.57 Å². The highest BCUT2D eigenvalue weighted by atomic mass is 32.2. The molecule has 0 atom stereocenters. The molecule has 0 spiro atoms. The minimum Gasteiger partial charge on any atom is -0.349 e. The number of carbonyl (C=O) groups is 1. The lowest BCUT2D eigenvalue weighted by molar-refractivity contribution is -0.125. The van der Waals surface area contributed by atoms with Gasteiger partial charge in [0, 0.05) is 30.1 Å². The third kappa shape index (κ3) is 2.10. The Bertz CT molecular complexity index is 773. The van der Waals surface area contributed by atoms with Crippen molar-refractivity contribution >= 4 is 26.8 Å². The quantitative estimate of drug-likeness (QED) is 0.937. The topological polar surface area (TPSA) is 68.2 Å². The molecule has 1 amide bonds. The minimum absolute atomic E-state index is 0.153. The Labute approximate surface area is 117 Å². The maximum Gasteiger partial charge on any atom is 0.266 e. The number of para-hydroxylation sites is 1. The molecule has 1 fully saturated rings. The molecular weight excluding hydrogens is 276 g/mol. The Kier molecular flexibility index (Phi) is 3.05. The van der Waals surface area contributed by atoms with Crippen LogP contribution in [0.1, 0.15) is 19.3 Å². The third-order valence-corrected chi connectivity index (χ3v) is 5.24. The number of aromatic nitrogens is 1. The number of hydrogen-bond donors (Lipinski definition) is 1. The molecule has 1 aliphatic carbocycles. The van der Waals surface area contributed by atoms with Crippen LogP contribution in [0.2, 0.25) is 0 Å². The van der Waals surface area contributed by atoms with E-state index in [4.69, 9.17) is 0 Å². The summed E-state index contributed by atoms with van der Waals surface area (Å²) >= 11 is 0. The van der Waals surface area contributed by atoms with Gasteiger partial charge >= 0.3 is 0 Å². The van der Waals surface area contributed by atoms with Crippen LogP contribution in [0.4, 0.5) is 0 Å². The van der Waals surface area contributed by atoms with Crippen LogP contribution in [0.5, 0.6) is 0 Å². The molecule has 1 heterocycles. The summed E-state index contributed by atoms with van der Waals surface area (Å²) in [6.07, 6.45) is 4.08. The Balaban J connectivity index is 1.98. The Morgan fingerprint density at radius 3 is 2.65 bits per heavy atom. The van der Waals surface area contributed by atoms with Crippen molar-refractivity contribution in [3.8, 4) is 0 Å². The summed E-state index contributed by atoms with van der Waals surface area (Å²) in [5, 5.41) is 0.629. The van der Waals surface area contributed by atoms with Crippen molar-refractivity contribution in [2.24, 2.45) is 13.0 Å². The van der Waals surface area contributed by atoms with Gasteiger partial charge in [0.2, 0.25) is 5.91 Å². The van der Waals surface area contributed by atoms with E-state index in [1.807, 2.05) is 12.1 Å². The standard InChI is InChI=1S/C14H16N2O3S/c1-16-9-13(11-7-2-3-8-12(11)16)20(18,19)15-14(17)10-5-4-6-10/h2-3,7-10H,4-6H2,1H3,(H,15,17). The smallest absolute Gasteiger partial charge is 0.266 e. The number of nitrogens with one attached hydrogen (secondary N) is 1. The first-order valence-electron chi connectivity index (χ1n) is 6.60. The van der Waals surface area contributed by atoms with Gasteiger partial charge in [0.15, 0.2) is 0 Å². The van der Waals surface area contributed by atoms with E-state index in [9.17, 15) is 13.2 Å². The second-order valence-corrected chi connectivity index (χ2v) is 6.87. The van der Waals surface area contributed by atoms with Crippen molar-refractivity contribution in [2.75, 3.05) is 0 Å². The largest absolute Gasteiger partial charge is 0.349 e. The molecule has 0 bridgehead atoms. The summed E-state index contributed by atoms with van der Waals surface area (Å²) in [4.78, 5) is 12.0. The summed E-state index contributed by atoms with van der Waals surface area (Å²) in [5.74, 6) is -0.538. The number of fused-ring (bicyclic) bond motifs is 1. The van der Waals surface area contributed by atoms with Gasteiger partial charge in [-0.3, -0.25) is 4.79 Å². The molecule has 2 aromatic rings. The summed E-state index contributed by atoms with van der Waals surface area (Å²) in [6.45, 7) is 0. The highest BCUT2D eigenvalue weighted by Gasteiger charge is 2.30. The average Bonchev–Trinajstić information content (AvgIpc) is 2.65. The van der Waals surface area contributed by atoms with Crippen molar-refractivity contribution in [1.29, 1.82) is 0 Å². The lowest BCUT2D eigenvalue weighted by Crippen LogP contribution is -2.38. The van der Waals surface area contributed by atoms with Gasteiger partial charge in [0.1, 0.15) is 4.90 Å². The minimum atomic E-state index is -3.81. The number of aryl methyl sites for hydroxylation is 1. The fraction of sp³-hybridized carbons (Fsp3) is 0.357. The van der Waals surface area contributed by atoms with Crippen molar-refractivity contribution in [2.45, 2.75) is 24.2 Å². The Morgan fingerprint density at radius 2 is 2.00 bits per heavy atom. The number of hydrogen-bond acceptors (Lipinski definition) is 3. The zero-order chi connectivity index (χ0) is 14.3. The maximum absolute atomic E-state index is 12.4. The van der Waals surface area contributed by atoms with Crippen molar-refractivity contribution < 1.29 is 13.2 Å². The number of carbonyl (C=O) groups excluding carboxylic acids is 1. The Morgan fingerprint density at radius 1 is 1.30 bits per heavy atom. The van der Waals surface area contributed by atoms with Gasteiger partial charge in [-0.2, -0.15) is 0 Å². The molecule has 0 unspecified atom stereocenters. The summed E-state index contributed by atoms with van der Waals surface area (Å²) in [7, 11) is -2.02. The van der Waals surface area contributed by atoms with Crippen molar-refractivity contribution in [3.05, 3.63) is 30.5 Å². The molecule has 5 nitrogen and oxygen atoms in total. The van der Waals surface area contributed by atoms with E-state index in [0.29, 0.717) is 5.39 Å². The van der Waals surface area contributed by atoms with E-state index in [1.54, 1.807) is 29.9 Å². The van der Waals surface area contributed by atoms with Crippen LogP contribution in [-0.2, 0) is 21.9 Å². The van der Waals surface area contributed by atoms with E-state index in [0.717, 1.165) is 24.8 Å². The second-order valence-electron chi connectivity index (χ2n) is 5.22. The van der Waals surface area contributed by atoms with Crippen LogP contribution in [0.25, 0.3) is 10.9 Å². The molecule has 1 aromatic heterocycles. The van der Waals surface area contributed by atoms with Crippen LogP contribution in [0.3, 0.4) is 0 Å². The van der Waals surface area contributed by atoms with Crippen LogP contribution in [0.15, 0.2) is 35.4 Å². The van der Waals surface area contributed by atoms with Crippen LogP contribution in [-0.4, -0.2) is 18.9 Å². The predicted molar refractivity (Wildman–Crippen MR) is 75.6 cm³/mol. The first kappa shape index (κ1) is 13.2. The molecule has 1 N–H and O–H groups in total. The monoisotopic (exact) mass is 292 g/mol. The van der Waals surface area contributed by atoms with Crippen LogP contribution < -0.4 is 4.72 Å². The van der Waals surface area contributed by atoms with E-state index in [-0.39, 0.29) is 16.7 Å². The molecule has 1 aromatic carbocycles. The van der Waals surface area contributed by atoms with Gasteiger partial charge in [-0.05, 0) is 18.9 Å². The lowest BCUT2D eigenvalue weighted by atomic mass is 9.85. The Hall–Kier alpha value is -1.82. The number of nitrogens with zero attached hydrogens (tertiary/aromatic N) is 1. The number of sulfonamides is 1. The lowest BCUT2D eigenvalue weighted by Gasteiger charge is -2.23. The average molecular weight is 292 g/mol. The van der Waals surface area contributed by atoms with E-state index < -0.39 is 10.0 Å². The zero-order valence-corrected chi connectivity index (χ0v) is 12.0. The van der Waals surface area contributed by atoms with Crippen LogP contribution in [0, 0.1) is 5.92 Å². The zero-order valence-electron chi connectivity index (χ0n) is 11.2. The normalized spacial score (nSPS) is 16.1. The number of rotatable bonds is 3. The number of benzene rings is 1. The first-order valence-corrected chi connectivity index (χ1v) is 8.08. The van der Waals surface area contributed by atoms with Gasteiger partial charge in [-0.1, -0.05) is 24.6 Å². The summed E-state index contributed by atoms with van der Waals surface area (Å²) < 4.78 is 28.7. The third-order valence-electron chi connectivity index (χ3n) is 3.86. The second kappa shape index (κ2) is 4.63. The molecule has 3 rings (SSSR count). The van der Waals surface area contributed by atoms with Crippen molar-refractivity contribution in [3.63, 3.8) is 0 Å². The van der Waals surface area contributed by atoms with Gasteiger partial charge in [0.25, 0.3) is 10.0 Å². The molecule has 0 saturated heterocycles. The fourth-order valence-corrected chi connectivity index (χ4v) is 3.76. The molecular formula is C14H16N2O3S. The van der Waals surface area contributed by atoms with Gasteiger partial charge in [-0.15, -0.1) is 0 Å². The van der Waals surface area contributed by atoms with Gasteiger partial charge in [-0.25, -0.2) is 13.1 Å². The molecule has 20 heavy (non-hydrogen) atoms. The highest BCUT2D eigenvalue weighted by Crippen LogP contribution is 2.28. The van der Waals surface area contributed by atoms with Gasteiger partial charge in [0.05, 0.1) is 0 Å².